The lowest BCUT2D eigenvalue weighted by atomic mass is 10.1. The Morgan fingerprint density at radius 3 is 2.38 bits per heavy atom. The fraction of sp³-hybridized carbons (Fsp3) is 0.263. The fourth-order valence-corrected chi connectivity index (χ4v) is 4.46. The second kappa shape index (κ2) is 7.01. The molecular formula is C19H22N4O2S. The van der Waals surface area contributed by atoms with Crippen LogP contribution in [-0.4, -0.2) is 34.5 Å². The maximum atomic E-state index is 13.1. The van der Waals surface area contributed by atoms with Gasteiger partial charge in [0.25, 0.3) is 0 Å². The van der Waals surface area contributed by atoms with Crippen LogP contribution in [0.2, 0.25) is 0 Å². The zero-order valence-corrected chi connectivity index (χ0v) is 16.1. The highest BCUT2D eigenvalue weighted by Crippen LogP contribution is 2.28. The summed E-state index contributed by atoms with van der Waals surface area (Å²) < 4.78 is 29.2. The highest BCUT2D eigenvalue weighted by molar-refractivity contribution is 7.89. The molecule has 0 aliphatic heterocycles. The molecule has 0 saturated heterocycles. The van der Waals surface area contributed by atoms with Crippen LogP contribution < -0.4 is 0 Å². The van der Waals surface area contributed by atoms with Gasteiger partial charge in [0.2, 0.25) is 10.0 Å². The topological polar surface area (TPSA) is 68.1 Å². The minimum Gasteiger partial charge on any atom is -0.223 e. The van der Waals surface area contributed by atoms with Crippen molar-refractivity contribution in [3.05, 3.63) is 71.8 Å². The Morgan fingerprint density at radius 1 is 1.08 bits per heavy atom. The molecule has 0 unspecified atom stereocenters. The summed E-state index contributed by atoms with van der Waals surface area (Å²) in [4.78, 5) is 4.28. The first-order valence-electron chi connectivity index (χ1n) is 8.31. The van der Waals surface area contributed by atoms with E-state index in [2.05, 4.69) is 10.1 Å². The van der Waals surface area contributed by atoms with E-state index in [1.807, 2.05) is 57.2 Å². The second-order valence-corrected chi connectivity index (χ2v) is 8.36. The maximum absolute atomic E-state index is 13.1. The Hall–Kier alpha value is -2.51. The number of hydrogen-bond acceptors (Lipinski definition) is 4. The fourth-order valence-electron chi connectivity index (χ4n) is 2.81. The molecule has 0 amide bonds. The zero-order valence-electron chi connectivity index (χ0n) is 15.3. The SMILES string of the molecule is Cc1ccc(C)c(S(=O)(=O)N(C)[C@H](C)c2ccc(-n3cncn3)cc2)c1. The molecule has 1 aromatic heterocycles. The van der Waals surface area contributed by atoms with Crippen LogP contribution >= 0.6 is 0 Å². The van der Waals surface area contributed by atoms with Crippen molar-refractivity contribution < 1.29 is 8.42 Å². The van der Waals surface area contributed by atoms with Crippen LogP contribution in [0.3, 0.4) is 0 Å². The molecule has 2 aromatic carbocycles. The summed E-state index contributed by atoms with van der Waals surface area (Å²) in [5, 5.41) is 4.09. The van der Waals surface area contributed by atoms with Gasteiger partial charge in [-0.2, -0.15) is 9.40 Å². The number of aryl methyl sites for hydroxylation is 2. The van der Waals surface area contributed by atoms with E-state index in [9.17, 15) is 8.42 Å². The highest BCUT2D eigenvalue weighted by Gasteiger charge is 2.27. The molecule has 0 aliphatic rings. The molecule has 0 radical (unpaired) electrons. The van der Waals surface area contributed by atoms with Gasteiger partial charge in [0.05, 0.1) is 10.6 Å². The van der Waals surface area contributed by atoms with Crippen LogP contribution in [0.25, 0.3) is 5.69 Å². The molecule has 0 saturated carbocycles. The van der Waals surface area contributed by atoms with Crippen LogP contribution in [0.15, 0.2) is 60.0 Å². The molecule has 7 heteroatoms. The van der Waals surface area contributed by atoms with E-state index in [0.717, 1.165) is 22.4 Å². The molecule has 1 atom stereocenters. The predicted octanol–water partition coefficient (Wildman–Crippen LogP) is 3.27. The van der Waals surface area contributed by atoms with Crippen LogP contribution in [0.5, 0.6) is 0 Å². The van der Waals surface area contributed by atoms with E-state index in [1.165, 1.54) is 10.6 Å². The van der Waals surface area contributed by atoms with Crippen molar-refractivity contribution in [2.24, 2.45) is 0 Å². The normalized spacial score (nSPS) is 13.1. The summed E-state index contributed by atoms with van der Waals surface area (Å²) in [5.41, 5.74) is 3.45. The summed E-state index contributed by atoms with van der Waals surface area (Å²) in [6.45, 7) is 5.59. The minimum atomic E-state index is -3.59. The van der Waals surface area contributed by atoms with Gasteiger partial charge in [0.15, 0.2) is 0 Å². The van der Waals surface area contributed by atoms with Gasteiger partial charge >= 0.3 is 0 Å². The van der Waals surface area contributed by atoms with E-state index in [-0.39, 0.29) is 6.04 Å². The van der Waals surface area contributed by atoms with Crippen LogP contribution in [0, 0.1) is 13.8 Å². The number of rotatable bonds is 5. The number of aromatic nitrogens is 3. The summed E-state index contributed by atoms with van der Waals surface area (Å²) in [6.07, 6.45) is 3.09. The Bertz CT molecular complexity index is 997. The van der Waals surface area contributed by atoms with Gasteiger partial charge in [-0.25, -0.2) is 18.1 Å². The first-order chi connectivity index (χ1) is 12.3. The monoisotopic (exact) mass is 370 g/mol. The van der Waals surface area contributed by atoms with Crippen molar-refractivity contribution in [3.8, 4) is 5.69 Å². The van der Waals surface area contributed by atoms with Crippen molar-refractivity contribution in [1.29, 1.82) is 0 Å². The zero-order chi connectivity index (χ0) is 18.9. The third-order valence-electron chi connectivity index (χ3n) is 4.60. The van der Waals surface area contributed by atoms with Gasteiger partial charge in [-0.05, 0) is 55.7 Å². The quantitative estimate of drug-likeness (QED) is 0.691. The third-order valence-corrected chi connectivity index (χ3v) is 6.68. The number of hydrogen-bond donors (Lipinski definition) is 0. The number of sulfonamides is 1. The molecule has 0 aliphatic carbocycles. The predicted molar refractivity (Wildman–Crippen MR) is 101 cm³/mol. The molecule has 0 fully saturated rings. The highest BCUT2D eigenvalue weighted by atomic mass is 32.2. The molecule has 0 spiro atoms. The van der Waals surface area contributed by atoms with Crippen molar-refractivity contribution in [2.45, 2.75) is 31.7 Å². The van der Waals surface area contributed by atoms with E-state index in [0.29, 0.717) is 4.90 Å². The summed E-state index contributed by atoms with van der Waals surface area (Å²) in [5.74, 6) is 0. The van der Waals surface area contributed by atoms with Crippen LogP contribution in [0.4, 0.5) is 0 Å². The summed E-state index contributed by atoms with van der Waals surface area (Å²) in [7, 11) is -1.97. The Morgan fingerprint density at radius 2 is 1.77 bits per heavy atom. The molecule has 0 N–H and O–H groups in total. The van der Waals surface area contributed by atoms with Crippen LogP contribution in [0.1, 0.15) is 29.7 Å². The molecule has 0 bridgehead atoms. The number of benzene rings is 2. The lowest BCUT2D eigenvalue weighted by Crippen LogP contribution is -2.30. The van der Waals surface area contributed by atoms with E-state index in [4.69, 9.17) is 0 Å². The molecule has 1 heterocycles. The average Bonchev–Trinajstić information content (AvgIpc) is 3.17. The first kappa shape index (κ1) is 18.3. The lowest BCUT2D eigenvalue weighted by molar-refractivity contribution is 0.398. The second-order valence-electron chi connectivity index (χ2n) is 6.40. The maximum Gasteiger partial charge on any atom is 0.243 e. The molecular weight excluding hydrogens is 348 g/mol. The van der Waals surface area contributed by atoms with Gasteiger partial charge in [0, 0.05) is 13.1 Å². The van der Waals surface area contributed by atoms with Crippen molar-refractivity contribution in [2.75, 3.05) is 7.05 Å². The van der Waals surface area contributed by atoms with Gasteiger partial charge < -0.3 is 0 Å². The third kappa shape index (κ3) is 3.40. The van der Waals surface area contributed by atoms with E-state index >= 15 is 0 Å². The van der Waals surface area contributed by atoms with Crippen molar-refractivity contribution in [3.63, 3.8) is 0 Å². The smallest absolute Gasteiger partial charge is 0.223 e. The van der Waals surface area contributed by atoms with Crippen molar-refractivity contribution in [1.82, 2.24) is 19.1 Å². The standard InChI is InChI=1S/C19H22N4O2S/c1-14-5-6-15(2)19(11-14)26(24,25)22(4)16(3)17-7-9-18(10-8-17)23-13-20-12-21-23/h5-13,16H,1-4H3/t16-/m1/s1. The molecule has 136 valence electrons. The van der Waals surface area contributed by atoms with Gasteiger partial charge in [-0.1, -0.05) is 24.3 Å². The average molecular weight is 370 g/mol. The van der Waals surface area contributed by atoms with Gasteiger partial charge in [0.1, 0.15) is 12.7 Å². The van der Waals surface area contributed by atoms with Crippen molar-refractivity contribution >= 4 is 10.0 Å². The number of nitrogens with zero attached hydrogens (tertiary/aromatic N) is 4. The molecule has 6 nitrogen and oxygen atoms in total. The largest absolute Gasteiger partial charge is 0.243 e. The van der Waals surface area contributed by atoms with Gasteiger partial charge in [-0.15, -0.1) is 0 Å². The van der Waals surface area contributed by atoms with Gasteiger partial charge in [-0.3, -0.25) is 0 Å². The first-order valence-corrected chi connectivity index (χ1v) is 9.75. The molecule has 3 aromatic rings. The van der Waals surface area contributed by atoms with E-state index < -0.39 is 10.0 Å². The lowest BCUT2D eigenvalue weighted by Gasteiger charge is -2.25. The Balaban J connectivity index is 1.89. The summed E-state index contributed by atoms with van der Waals surface area (Å²) in [6, 6.07) is 12.8. The Labute approximate surface area is 154 Å². The van der Waals surface area contributed by atoms with E-state index in [1.54, 1.807) is 24.1 Å². The molecule has 26 heavy (non-hydrogen) atoms. The Kier molecular flexibility index (Phi) is 4.93. The summed E-state index contributed by atoms with van der Waals surface area (Å²) >= 11 is 0. The molecule has 3 rings (SSSR count). The van der Waals surface area contributed by atoms with Crippen LogP contribution in [-0.2, 0) is 10.0 Å². The minimum absolute atomic E-state index is 0.301.